The van der Waals surface area contributed by atoms with Gasteiger partial charge in [0, 0.05) is 38.8 Å². The summed E-state index contributed by atoms with van der Waals surface area (Å²) >= 11 is 0. The second-order valence-corrected chi connectivity index (χ2v) is 17.6. The van der Waals surface area contributed by atoms with Crippen LogP contribution in [0.25, 0.3) is 88.7 Å². The van der Waals surface area contributed by atoms with E-state index in [1.807, 2.05) is 12.1 Å². The number of rotatable bonds is 8. The Hall–Kier alpha value is -8.20. The van der Waals surface area contributed by atoms with Gasteiger partial charge in [0.25, 0.3) is 0 Å². The van der Waals surface area contributed by atoms with Crippen LogP contribution in [0, 0.1) is 0 Å². The molecule has 1 heterocycles. The number of hydrogen-bond acceptors (Lipinski definition) is 2. The van der Waals surface area contributed by atoms with Gasteiger partial charge in [0.2, 0.25) is 0 Å². The molecule has 1 aliphatic rings. The Kier molecular flexibility index (Phi) is 9.21. The summed E-state index contributed by atoms with van der Waals surface area (Å²) in [5.74, 6) is 0. The number of para-hydroxylation sites is 2. The molecule has 0 saturated carbocycles. The molecule has 65 heavy (non-hydrogen) atoms. The first-order valence-electron chi connectivity index (χ1n) is 22.5. The van der Waals surface area contributed by atoms with E-state index in [0.717, 1.165) is 55.7 Å². The van der Waals surface area contributed by atoms with Crippen LogP contribution < -0.4 is 4.90 Å². The first-order chi connectivity index (χ1) is 32.0. The van der Waals surface area contributed by atoms with Gasteiger partial charge in [0.15, 0.2) is 0 Å². The number of nitrogens with zero attached hydrogens (tertiary/aromatic N) is 1. The SMILES string of the molecule is CC1(C)c2ccccc2-c2ccc(N(c3ccc(-c4cccc5c4oc4ccccc45)cc3)c3cccc(-c4cccc(-c5ccccc5)c4-c4ccccc4-c4ccccc4)c3)cc21. The second kappa shape index (κ2) is 15.6. The van der Waals surface area contributed by atoms with Gasteiger partial charge in [-0.2, -0.15) is 0 Å². The number of fused-ring (bicyclic) bond motifs is 6. The molecule has 0 unspecified atom stereocenters. The van der Waals surface area contributed by atoms with Crippen LogP contribution in [0.2, 0.25) is 0 Å². The van der Waals surface area contributed by atoms with Crippen LogP contribution in [0.5, 0.6) is 0 Å². The van der Waals surface area contributed by atoms with Crippen molar-refractivity contribution in [1.82, 2.24) is 0 Å². The zero-order chi connectivity index (χ0) is 43.5. The van der Waals surface area contributed by atoms with Crippen molar-refractivity contribution in [2.45, 2.75) is 19.3 Å². The molecule has 1 aromatic heterocycles. The van der Waals surface area contributed by atoms with Crippen molar-refractivity contribution in [2.24, 2.45) is 0 Å². The van der Waals surface area contributed by atoms with Crippen molar-refractivity contribution in [2.75, 3.05) is 4.90 Å². The third-order valence-corrected chi connectivity index (χ3v) is 13.5. The molecule has 11 aromatic rings. The van der Waals surface area contributed by atoms with E-state index < -0.39 is 0 Å². The molecule has 0 aliphatic heterocycles. The zero-order valence-electron chi connectivity index (χ0n) is 36.4. The maximum absolute atomic E-state index is 6.50. The summed E-state index contributed by atoms with van der Waals surface area (Å²) in [5, 5.41) is 2.26. The zero-order valence-corrected chi connectivity index (χ0v) is 36.4. The molecule has 2 heteroatoms. The van der Waals surface area contributed by atoms with E-state index in [1.54, 1.807) is 0 Å². The predicted octanol–water partition coefficient (Wildman–Crippen LogP) is 17.7. The van der Waals surface area contributed by atoms with Crippen LogP contribution in [-0.2, 0) is 5.41 Å². The minimum Gasteiger partial charge on any atom is -0.455 e. The molecule has 12 rings (SSSR count). The fourth-order valence-electron chi connectivity index (χ4n) is 10.4. The van der Waals surface area contributed by atoms with Crippen molar-refractivity contribution < 1.29 is 4.42 Å². The highest BCUT2D eigenvalue weighted by Gasteiger charge is 2.36. The summed E-state index contributed by atoms with van der Waals surface area (Å²) in [5.41, 5.74) is 22.0. The Morgan fingerprint density at radius 1 is 0.323 bits per heavy atom. The van der Waals surface area contributed by atoms with E-state index in [9.17, 15) is 0 Å². The van der Waals surface area contributed by atoms with Gasteiger partial charge >= 0.3 is 0 Å². The quantitative estimate of drug-likeness (QED) is 0.152. The molecular weight excluding hydrogens is 787 g/mol. The van der Waals surface area contributed by atoms with Gasteiger partial charge < -0.3 is 9.32 Å². The summed E-state index contributed by atoms with van der Waals surface area (Å²) in [7, 11) is 0. The van der Waals surface area contributed by atoms with E-state index in [1.165, 1.54) is 61.2 Å². The van der Waals surface area contributed by atoms with Crippen LogP contribution in [0.1, 0.15) is 25.0 Å². The maximum Gasteiger partial charge on any atom is 0.143 e. The third-order valence-electron chi connectivity index (χ3n) is 13.5. The molecule has 0 amide bonds. The standard InChI is InChI=1S/C63H45NO/c1-63(2)58-32-13-11-25-53(58)54-39-38-48(41-59(54)63)64(46-36-34-44(35-37-46)52-30-17-31-57-55-26-12-14-33-60(55)65-62(52)57)47-23-15-22-45(40-47)51-29-16-28-50(43-20-7-4-8-21-43)61(51)56-27-10-9-24-49(56)42-18-5-3-6-19-42/h3-41H,1-2H3. The van der Waals surface area contributed by atoms with Crippen LogP contribution in [0.15, 0.2) is 241 Å². The number of benzene rings is 10. The molecule has 2 nitrogen and oxygen atoms in total. The van der Waals surface area contributed by atoms with E-state index in [0.29, 0.717) is 0 Å². The van der Waals surface area contributed by atoms with Crippen LogP contribution >= 0.6 is 0 Å². The van der Waals surface area contributed by atoms with Gasteiger partial charge in [-0.3, -0.25) is 0 Å². The van der Waals surface area contributed by atoms with Crippen LogP contribution in [-0.4, -0.2) is 0 Å². The van der Waals surface area contributed by atoms with Gasteiger partial charge in [-0.15, -0.1) is 0 Å². The lowest BCUT2D eigenvalue weighted by molar-refractivity contribution is 0.660. The normalized spacial score (nSPS) is 12.6. The summed E-state index contributed by atoms with van der Waals surface area (Å²) in [6.07, 6.45) is 0. The molecule has 0 N–H and O–H groups in total. The Morgan fingerprint density at radius 2 is 0.831 bits per heavy atom. The fourth-order valence-corrected chi connectivity index (χ4v) is 10.4. The van der Waals surface area contributed by atoms with E-state index in [-0.39, 0.29) is 5.41 Å². The van der Waals surface area contributed by atoms with E-state index >= 15 is 0 Å². The smallest absolute Gasteiger partial charge is 0.143 e. The fraction of sp³-hybridized carbons (Fsp3) is 0.0476. The Labute approximate surface area is 380 Å². The molecule has 0 bridgehead atoms. The maximum atomic E-state index is 6.50. The molecule has 0 spiro atoms. The first kappa shape index (κ1) is 38.5. The topological polar surface area (TPSA) is 16.4 Å². The monoisotopic (exact) mass is 831 g/mol. The third kappa shape index (κ3) is 6.49. The van der Waals surface area contributed by atoms with Gasteiger partial charge in [-0.25, -0.2) is 0 Å². The highest BCUT2D eigenvalue weighted by atomic mass is 16.3. The predicted molar refractivity (Wildman–Crippen MR) is 273 cm³/mol. The molecular formula is C63H45NO. The highest BCUT2D eigenvalue weighted by Crippen LogP contribution is 2.51. The van der Waals surface area contributed by atoms with Gasteiger partial charge in [-0.1, -0.05) is 208 Å². The van der Waals surface area contributed by atoms with Crippen LogP contribution in [0.4, 0.5) is 17.1 Å². The van der Waals surface area contributed by atoms with Crippen molar-refractivity contribution in [3.8, 4) is 66.8 Å². The van der Waals surface area contributed by atoms with Gasteiger partial charge in [-0.05, 0) is 115 Å². The minimum atomic E-state index is -0.149. The number of hydrogen-bond donors (Lipinski definition) is 0. The minimum absolute atomic E-state index is 0.149. The van der Waals surface area contributed by atoms with Crippen molar-refractivity contribution in [3.05, 3.63) is 248 Å². The van der Waals surface area contributed by atoms with Gasteiger partial charge in [0.1, 0.15) is 11.2 Å². The molecule has 0 saturated heterocycles. The molecule has 308 valence electrons. The average Bonchev–Trinajstić information content (AvgIpc) is 3.86. The lowest BCUT2D eigenvalue weighted by Crippen LogP contribution is -2.16. The van der Waals surface area contributed by atoms with E-state index in [4.69, 9.17) is 4.42 Å². The van der Waals surface area contributed by atoms with Crippen molar-refractivity contribution in [3.63, 3.8) is 0 Å². The Bertz CT molecular complexity index is 3560. The molecule has 0 atom stereocenters. The largest absolute Gasteiger partial charge is 0.455 e. The van der Waals surface area contributed by atoms with Gasteiger partial charge in [0.05, 0.1) is 0 Å². The first-order valence-corrected chi connectivity index (χ1v) is 22.5. The number of anilines is 3. The summed E-state index contributed by atoms with van der Waals surface area (Å²) in [4.78, 5) is 2.42. The highest BCUT2D eigenvalue weighted by molar-refractivity contribution is 6.09. The summed E-state index contributed by atoms with van der Waals surface area (Å²) < 4.78 is 6.50. The lowest BCUT2D eigenvalue weighted by Gasteiger charge is -2.29. The second-order valence-electron chi connectivity index (χ2n) is 17.6. The van der Waals surface area contributed by atoms with E-state index in [2.05, 4.69) is 243 Å². The molecule has 10 aromatic carbocycles. The molecule has 1 aliphatic carbocycles. The van der Waals surface area contributed by atoms with Crippen LogP contribution in [0.3, 0.4) is 0 Å². The van der Waals surface area contributed by atoms with Crippen molar-refractivity contribution in [1.29, 1.82) is 0 Å². The number of furan rings is 1. The molecule has 0 fully saturated rings. The average molecular weight is 832 g/mol. The summed E-state index contributed by atoms with van der Waals surface area (Å²) in [6.45, 7) is 4.71. The van der Waals surface area contributed by atoms with Crippen molar-refractivity contribution >= 4 is 39.0 Å². The molecule has 0 radical (unpaired) electrons. The lowest BCUT2D eigenvalue weighted by atomic mass is 9.82. The Morgan fingerprint density at radius 3 is 1.62 bits per heavy atom. The summed E-state index contributed by atoms with van der Waals surface area (Å²) in [6, 6.07) is 85.9. The Balaban J connectivity index is 1.04.